The van der Waals surface area contributed by atoms with Gasteiger partial charge in [-0.2, -0.15) is 0 Å². The first-order valence-corrected chi connectivity index (χ1v) is 12.1. The lowest BCUT2D eigenvalue weighted by Gasteiger charge is -2.29. The molecule has 9 heteroatoms. The molecule has 1 atom stereocenters. The first-order chi connectivity index (χ1) is 16.4. The smallest absolute Gasteiger partial charge is 0.303 e. The van der Waals surface area contributed by atoms with Crippen molar-refractivity contribution in [2.45, 2.75) is 38.2 Å². The summed E-state index contributed by atoms with van der Waals surface area (Å²) in [7, 11) is 3.21. The minimum atomic E-state index is -0.832. The molecule has 1 aromatic carbocycles. The van der Waals surface area contributed by atoms with Crippen LogP contribution in [-0.2, 0) is 24.5 Å². The van der Waals surface area contributed by atoms with Crippen molar-refractivity contribution in [3.05, 3.63) is 65.0 Å². The lowest BCUT2D eigenvalue weighted by atomic mass is 9.91. The van der Waals surface area contributed by atoms with E-state index in [-0.39, 0.29) is 30.8 Å². The first-order valence-electron chi connectivity index (χ1n) is 11.1. The van der Waals surface area contributed by atoms with E-state index in [1.54, 1.807) is 38.4 Å². The van der Waals surface area contributed by atoms with Crippen molar-refractivity contribution in [2.75, 3.05) is 33.1 Å². The van der Waals surface area contributed by atoms with Crippen molar-refractivity contribution in [3.8, 4) is 0 Å². The molecule has 0 radical (unpaired) electrons. The van der Waals surface area contributed by atoms with Crippen molar-refractivity contribution >= 4 is 46.6 Å². The molecule has 1 aliphatic rings. The number of halogens is 3. The third kappa shape index (κ3) is 7.42. The Morgan fingerprint density at radius 3 is 2.29 bits per heavy atom. The van der Waals surface area contributed by atoms with Crippen LogP contribution in [0.1, 0.15) is 37.8 Å². The predicted molar refractivity (Wildman–Crippen MR) is 137 cm³/mol. The van der Waals surface area contributed by atoms with E-state index in [4.69, 9.17) is 27.9 Å². The van der Waals surface area contributed by atoms with Crippen LogP contribution in [0.3, 0.4) is 0 Å². The number of carbonyl (C=O) groups is 3. The van der Waals surface area contributed by atoms with Gasteiger partial charge in [0.1, 0.15) is 11.9 Å². The fourth-order valence-electron chi connectivity index (χ4n) is 3.85. The summed E-state index contributed by atoms with van der Waals surface area (Å²) in [5, 5.41) is 0.412. The number of hydrogen-bond acceptors (Lipinski definition) is 4. The Labute approximate surface area is 216 Å². The van der Waals surface area contributed by atoms with E-state index in [9.17, 15) is 14.4 Å². The summed E-state index contributed by atoms with van der Waals surface area (Å²) in [5.41, 5.74) is 0.613. The van der Waals surface area contributed by atoms with E-state index >= 15 is 4.39 Å². The largest absolute Gasteiger partial charge is 0.459 e. The number of carbonyl (C=O) groups excluding carboxylic acids is 3. The zero-order valence-electron chi connectivity index (χ0n) is 20.4. The van der Waals surface area contributed by atoms with Gasteiger partial charge in [0.2, 0.25) is 11.8 Å². The van der Waals surface area contributed by atoms with Crippen LogP contribution < -0.4 is 0 Å². The molecular formula is C26H31Cl2FN2O4. The minimum absolute atomic E-state index is 0.107. The van der Waals surface area contributed by atoms with Crippen LogP contribution in [0.2, 0.25) is 0 Å². The summed E-state index contributed by atoms with van der Waals surface area (Å²) in [6.07, 6.45) is 5.22. The molecule has 1 aromatic rings. The Morgan fingerprint density at radius 1 is 1.17 bits per heavy atom. The molecular weight excluding hydrogens is 494 g/mol. The number of alkyl halides is 1. The maximum absolute atomic E-state index is 15.1. The van der Waals surface area contributed by atoms with Gasteiger partial charge in [-0.3, -0.25) is 14.4 Å². The molecule has 0 N–H and O–H groups in total. The number of esters is 1. The van der Waals surface area contributed by atoms with Gasteiger partial charge in [-0.05, 0) is 36.1 Å². The molecule has 0 spiro atoms. The van der Waals surface area contributed by atoms with E-state index in [0.29, 0.717) is 34.6 Å². The Bertz CT molecular complexity index is 1050. The maximum atomic E-state index is 15.1. The Kier molecular flexibility index (Phi) is 10.1. The highest BCUT2D eigenvalue weighted by molar-refractivity contribution is 6.35. The van der Waals surface area contributed by atoms with Crippen LogP contribution in [-0.4, -0.2) is 66.8 Å². The maximum Gasteiger partial charge on any atom is 0.303 e. The van der Waals surface area contributed by atoms with Gasteiger partial charge in [0, 0.05) is 38.5 Å². The van der Waals surface area contributed by atoms with Crippen LogP contribution in [0.15, 0.2) is 48.0 Å². The van der Waals surface area contributed by atoms with Gasteiger partial charge < -0.3 is 14.5 Å². The lowest BCUT2D eigenvalue weighted by Crippen LogP contribution is -2.46. The number of benzene rings is 1. The molecule has 0 aliphatic heterocycles. The molecule has 0 aromatic heterocycles. The zero-order chi connectivity index (χ0) is 26.3. The SMILES string of the molecule is C=C/C(=C\C=C(\Cl)CCl)c1ccc(C2(C(=O)N(C)CC(CN(C)C(C)=O)OC(C)=O)CC2)cc1F. The quantitative estimate of drug-likeness (QED) is 0.240. The molecule has 0 saturated heterocycles. The molecule has 190 valence electrons. The van der Waals surface area contributed by atoms with Crippen molar-refractivity contribution < 1.29 is 23.5 Å². The van der Waals surface area contributed by atoms with Gasteiger partial charge in [0.15, 0.2) is 0 Å². The third-order valence-corrected chi connectivity index (χ3v) is 6.64. The number of ether oxygens (including phenoxy) is 1. The van der Waals surface area contributed by atoms with Crippen LogP contribution in [0, 0.1) is 5.82 Å². The molecule has 1 unspecified atom stereocenters. The number of hydrogen-bond donors (Lipinski definition) is 0. The van der Waals surface area contributed by atoms with Crippen molar-refractivity contribution in [3.63, 3.8) is 0 Å². The third-order valence-electron chi connectivity index (χ3n) is 5.96. The van der Waals surface area contributed by atoms with Gasteiger partial charge in [0.25, 0.3) is 0 Å². The molecule has 6 nitrogen and oxygen atoms in total. The van der Waals surface area contributed by atoms with E-state index < -0.39 is 23.3 Å². The van der Waals surface area contributed by atoms with Crippen molar-refractivity contribution in [1.29, 1.82) is 0 Å². The van der Waals surface area contributed by atoms with E-state index in [1.807, 2.05) is 0 Å². The average Bonchev–Trinajstić information content (AvgIpc) is 3.60. The normalized spacial score (nSPS) is 15.7. The van der Waals surface area contributed by atoms with Crippen LogP contribution >= 0.6 is 23.2 Å². The van der Waals surface area contributed by atoms with Gasteiger partial charge in [-0.1, -0.05) is 42.5 Å². The fourth-order valence-corrected chi connectivity index (χ4v) is 4.00. The molecule has 1 fully saturated rings. The summed E-state index contributed by atoms with van der Waals surface area (Å²) in [6, 6.07) is 4.75. The Balaban J connectivity index is 2.24. The minimum Gasteiger partial charge on any atom is -0.459 e. The second-order valence-corrected chi connectivity index (χ2v) is 9.42. The van der Waals surface area contributed by atoms with Gasteiger partial charge >= 0.3 is 5.97 Å². The molecule has 2 rings (SSSR count). The Hall–Kier alpha value is -2.64. The number of rotatable bonds is 11. The summed E-state index contributed by atoms with van der Waals surface area (Å²) in [4.78, 5) is 39.4. The van der Waals surface area contributed by atoms with Gasteiger partial charge in [-0.25, -0.2) is 4.39 Å². The van der Waals surface area contributed by atoms with E-state index in [2.05, 4.69) is 6.58 Å². The predicted octanol–water partition coefficient (Wildman–Crippen LogP) is 4.66. The number of amides is 2. The number of allylic oxidation sites excluding steroid dienone is 5. The highest BCUT2D eigenvalue weighted by atomic mass is 35.5. The second-order valence-electron chi connectivity index (χ2n) is 8.67. The zero-order valence-corrected chi connectivity index (χ0v) is 22.0. The van der Waals surface area contributed by atoms with Crippen LogP contribution in [0.5, 0.6) is 0 Å². The monoisotopic (exact) mass is 524 g/mol. The standard InChI is InChI=1S/C26H31Cl2FN2O4/c1-6-19(7-9-21(28)14-27)23-10-8-20(13-24(23)29)26(11-12-26)25(34)31(5)16-22(35-18(3)33)15-30(4)17(2)32/h6-10,13,22H,1,11-12,14-16H2,2-5H3/b19-7+,21-9+. The topological polar surface area (TPSA) is 66.9 Å². The molecule has 35 heavy (non-hydrogen) atoms. The summed E-state index contributed by atoms with van der Waals surface area (Å²) in [5.74, 6) is -1.21. The van der Waals surface area contributed by atoms with Crippen LogP contribution in [0.4, 0.5) is 4.39 Å². The van der Waals surface area contributed by atoms with E-state index in [1.165, 1.54) is 35.8 Å². The molecule has 0 bridgehead atoms. The summed E-state index contributed by atoms with van der Waals surface area (Å²) >= 11 is 11.6. The van der Waals surface area contributed by atoms with Gasteiger partial charge in [0.05, 0.1) is 24.4 Å². The van der Waals surface area contributed by atoms with Gasteiger partial charge in [-0.15, -0.1) is 11.6 Å². The molecule has 1 saturated carbocycles. The summed E-state index contributed by atoms with van der Waals surface area (Å²) < 4.78 is 20.4. The molecule has 1 aliphatic carbocycles. The van der Waals surface area contributed by atoms with Crippen LogP contribution in [0.25, 0.3) is 5.57 Å². The molecule has 0 heterocycles. The average molecular weight is 525 g/mol. The van der Waals surface area contributed by atoms with Crippen molar-refractivity contribution in [2.24, 2.45) is 0 Å². The highest BCUT2D eigenvalue weighted by Crippen LogP contribution is 2.50. The molecule has 2 amide bonds. The fraction of sp³-hybridized carbons (Fsp3) is 0.423. The summed E-state index contributed by atoms with van der Waals surface area (Å²) in [6.45, 7) is 6.68. The number of nitrogens with zero attached hydrogens (tertiary/aromatic N) is 2. The number of likely N-dealkylation sites (N-methyl/N-ethyl adjacent to an activating group) is 2. The second kappa shape index (κ2) is 12.4. The Morgan fingerprint density at radius 2 is 1.80 bits per heavy atom. The highest BCUT2D eigenvalue weighted by Gasteiger charge is 2.53. The van der Waals surface area contributed by atoms with Crippen molar-refractivity contribution in [1.82, 2.24) is 9.80 Å². The first kappa shape index (κ1) is 28.6. The lowest BCUT2D eigenvalue weighted by molar-refractivity contribution is -0.152. The van der Waals surface area contributed by atoms with E-state index in [0.717, 1.165) is 0 Å².